The van der Waals surface area contributed by atoms with Crippen LogP contribution in [0.3, 0.4) is 0 Å². The number of ether oxygens (including phenoxy) is 2. The smallest absolute Gasteiger partial charge is 0.336 e. The third-order valence-corrected chi connectivity index (χ3v) is 4.18. The molecule has 2 atom stereocenters. The van der Waals surface area contributed by atoms with Gasteiger partial charge in [-0.15, -0.1) is 0 Å². The van der Waals surface area contributed by atoms with Gasteiger partial charge in [-0.3, -0.25) is 4.79 Å². The van der Waals surface area contributed by atoms with Crippen LogP contribution < -0.4 is 15.1 Å². The van der Waals surface area contributed by atoms with Gasteiger partial charge in [0.2, 0.25) is 0 Å². The van der Waals surface area contributed by atoms with E-state index in [1.165, 1.54) is 6.07 Å². The molecule has 1 aromatic carbocycles. The molecule has 122 valence electrons. The number of hydrogen-bond donors (Lipinski definition) is 0. The number of hydrogen-bond acceptors (Lipinski definition) is 5. The van der Waals surface area contributed by atoms with Gasteiger partial charge in [-0.25, -0.2) is 4.79 Å². The molecule has 0 fully saturated rings. The first-order valence-corrected chi connectivity index (χ1v) is 7.78. The molecule has 1 aliphatic rings. The predicted molar refractivity (Wildman–Crippen MR) is 86.6 cm³/mol. The van der Waals surface area contributed by atoms with Crippen LogP contribution in [0.15, 0.2) is 21.3 Å². The van der Waals surface area contributed by atoms with Crippen molar-refractivity contribution in [2.75, 3.05) is 0 Å². The fraction of sp³-hybridized carbons (Fsp3) is 0.444. The fourth-order valence-electron chi connectivity index (χ4n) is 2.88. The van der Waals surface area contributed by atoms with Crippen molar-refractivity contribution in [1.29, 1.82) is 0 Å². The normalized spacial score (nSPS) is 20.5. The highest BCUT2D eigenvalue weighted by Gasteiger charge is 2.35. The standard InChI is InChI=1S/C18H20O5/c1-8(2)21-12-7-13-16(17(20)10(4)11(5)22-13)18-15(12)9(3)6-14(19)23-18/h6-8,10-11H,1-5H3. The van der Waals surface area contributed by atoms with Gasteiger partial charge in [0, 0.05) is 12.1 Å². The minimum absolute atomic E-state index is 0.0572. The van der Waals surface area contributed by atoms with Gasteiger partial charge in [0.15, 0.2) is 11.4 Å². The van der Waals surface area contributed by atoms with E-state index in [1.807, 2.05) is 27.7 Å². The monoisotopic (exact) mass is 316 g/mol. The van der Waals surface area contributed by atoms with Crippen molar-refractivity contribution in [2.24, 2.45) is 5.92 Å². The Balaban J connectivity index is 2.40. The van der Waals surface area contributed by atoms with Gasteiger partial charge in [-0.1, -0.05) is 6.92 Å². The minimum Gasteiger partial charge on any atom is -0.490 e. The van der Waals surface area contributed by atoms with E-state index in [2.05, 4.69) is 0 Å². The third kappa shape index (κ3) is 2.50. The van der Waals surface area contributed by atoms with E-state index < -0.39 is 5.63 Å². The number of fused-ring (bicyclic) bond motifs is 3. The Morgan fingerprint density at radius 1 is 1.17 bits per heavy atom. The van der Waals surface area contributed by atoms with E-state index in [-0.39, 0.29) is 29.5 Å². The van der Waals surface area contributed by atoms with Gasteiger partial charge in [-0.2, -0.15) is 0 Å². The zero-order valence-corrected chi connectivity index (χ0v) is 13.9. The van der Waals surface area contributed by atoms with E-state index in [0.717, 1.165) is 0 Å². The third-order valence-electron chi connectivity index (χ3n) is 4.18. The lowest BCUT2D eigenvalue weighted by Gasteiger charge is -2.29. The number of aryl methyl sites for hydroxylation is 1. The summed E-state index contributed by atoms with van der Waals surface area (Å²) in [5.41, 5.74) is 0.821. The summed E-state index contributed by atoms with van der Waals surface area (Å²) in [6.07, 6.45) is -0.297. The van der Waals surface area contributed by atoms with Crippen LogP contribution in [0, 0.1) is 12.8 Å². The molecule has 2 aromatic rings. The molecule has 5 heteroatoms. The summed E-state index contributed by atoms with van der Waals surface area (Å²) >= 11 is 0. The van der Waals surface area contributed by atoms with Crippen molar-refractivity contribution >= 4 is 16.8 Å². The van der Waals surface area contributed by atoms with Crippen LogP contribution in [0.4, 0.5) is 0 Å². The number of benzene rings is 1. The molecule has 0 spiro atoms. The Morgan fingerprint density at radius 2 is 1.87 bits per heavy atom. The maximum Gasteiger partial charge on any atom is 0.336 e. The predicted octanol–water partition coefficient (Wildman–Crippen LogP) is 3.49. The molecule has 0 saturated heterocycles. The number of ketones is 1. The van der Waals surface area contributed by atoms with E-state index >= 15 is 0 Å². The first-order chi connectivity index (χ1) is 10.8. The number of carbonyl (C=O) groups is 1. The van der Waals surface area contributed by atoms with Crippen LogP contribution in [0.2, 0.25) is 0 Å². The molecule has 0 amide bonds. The first-order valence-electron chi connectivity index (χ1n) is 7.78. The summed E-state index contributed by atoms with van der Waals surface area (Å²) in [6, 6.07) is 3.13. The molecule has 2 heterocycles. The summed E-state index contributed by atoms with van der Waals surface area (Å²) in [7, 11) is 0. The molecule has 0 aliphatic carbocycles. The van der Waals surface area contributed by atoms with Gasteiger partial charge >= 0.3 is 5.63 Å². The van der Waals surface area contributed by atoms with Gasteiger partial charge < -0.3 is 13.9 Å². The summed E-state index contributed by atoms with van der Waals surface area (Å²) in [5, 5.41) is 0.649. The Hall–Kier alpha value is -2.30. The second-order valence-corrected chi connectivity index (χ2v) is 6.34. The van der Waals surface area contributed by atoms with Gasteiger partial charge in [0.05, 0.1) is 17.4 Å². The Bertz CT molecular complexity index is 847. The van der Waals surface area contributed by atoms with Crippen molar-refractivity contribution in [3.63, 3.8) is 0 Å². The van der Waals surface area contributed by atoms with E-state index in [1.54, 1.807) is 13.0 Å². The Kier molecular flexibility index (Phi) is 3.66. The number of Topliss-reactive ketones (excluding diaryl/α,β-unsaturated/α-hetero) is 1. The summed E-state index contributed by atoms with van der Waals surface area (Å²) in [4.78, 5) is 24.5. The molecule has 23 heavy (non-hydrogen) atoms. The molecule has 0 bridgehead atoms. The summed E-state index contributed by atoms with van der Waals surface area (Å²) in [5.74, 6) is 0.601. The molecule has 0 saturated carbocycles. The highest BCUT2D eigenvalue weighted by Crippen LogP contribution is 2.42. The average Bonchev–Trinajstić information content (AvgIpc) is 2.43. The van der Waals surface area contributed by atoms with Gasteiger partial charge in [0.25, 0.3) is 0 Å². The van der Waals surface area contributed by atoms with Crippen molar-refractivity contribution in [3.05, 3.63) is 33.7 Å². The second kappa shape index (κ2) is 5.41. The first kappa shape index (κ1) is 15.6. The highest BCUT2D eigenvalue weighted by atomic mass is 16.5. The van der Waals surface area contributed by atoms with Gasteiger partial charge in [-0.05, 0) is 33.3 Å². The Labute approximate surface area is 134 Å². The van der Waals surface area contributed by atoms with Crippen LogP contribution in [0.1, 0.15) is 43.6 Å². The summed E-state index contributed by atoms with van der Waals surface area (Å²) in [6.45, 7) is 9.30. The minimum atomic E-state index is -0.488. The lowest BCUT2D eigenvalue weighted by molar-refractivity contribution is 0.0730. The molecular weight excluding hydrogens is 296 g/mol. The second-order valence-electron chi connectivity index (χ2n) is 6.34. The molecular formula is C18H20O5. The van der Waals surface area contributed by atoms with Crippen molar-refractivity contribution in [2.45, 2.75) is 46.8 Å². The van der Waals surface area contributed by atoms with Crippen LogP contribution in [-0.4, -0.2) is 18.0 Å². The molecule has 1 aliphatic heterocycles. The quantitative estimate of drug-likeness (QED) is 0.794. The maximum atomic E-state index is 12.7. The lowest BCUT2D eigenvalue weighted by atomic mass is 9.89. The van der Waals surface area contributed by atoms with Crippen LogP contribution in [0.25, 0.3) is 11.0 Å². The largest absolute Gasteiger partial charge is 0.490 e. The van der Waals surface area contributed by atoms with E-state index in [9.17, 15) is 9.59 Å². The van der Waals surface area contributed by atoms with Crippen molar-refractivity contribution in [1.82, 2.24) is 0 Å². The Morgan fingerprint density at radius 3 is 2.52 bits per heavy atom. The fourth-order valence-corrected chi connectivity index (χ4v) is 2.88. The molecule has 5 nitrogen and oxygen atoms in total. The van der Waals surface area contributed by atoms with E-state index in [0.29, 0.717) is 28.0 Å². The van der Waals surface area contributed by atoms with Crippen LogP contribution in [0.5, 0.6) is 11.5 Å². The molecule has 2 unspecified atom stereocenters. The zero-order valence-electron chi connectivity index (χ0n) is 13.9. The highest BCUT2D eigenvalue weighted by molar-refractivity contribution is 6.12. The maximum absolute atomic E-state index is 12.7. The molecule has 0 N–H and O–H groups in total. The van der Waals surface area contributed by atoms with E-state index in [4.69, 9.17) is 13.9 Å². The molecule has 0 radical (unpaired) electrons. The lowest BCUT2D eigenvalue weighted by Crippen LogP contribution is -2.33. The zero-order chi connectivity index (χ0) is 16.9. The number of carbonyl (C=O) groups excluding carboxylic acids is 1. The van der Waals surface area contributed by atoms with Crippen LogP contribution in [-0.2, 0) is 0 Å². The number of rotatable bonds is 2. The van der Waals surface area contributed by atoms with Crippen molar-refractivity contribution in [3.8, 4) is 11.5 Å². The van der Waals surface area contributed by atoms with Gasteiger partial charge in [0.1, 0.15) is 23.2 Å². The SMILES string of the molecule is Cc1cc(=O)oc2c3c(cc(OC(C)C)c12)OC(C)C(C)C3=O. The molecule has 1 aromatic heterocycles. The molecule has 3 rings (SSSR count). The summed E-state index contributed by atoms with van der Waals surface area (Å²) < 4.78 is 17.1. The topological polar surface area (TPSA) is 65.7 Å². The van der Waals surface area contributed by atoms with Crippen LogP contribution >= 0.6 is 0 Å². The van der Waals surface area contributed by atoms with Crippen molar-refractivity contribution < 1.29 is 18.7 Å². The average molecular weight is 316 g/mol.